The van der Waals surface area contributed by atoms with Gasteiger partial charge in [-0.25, -0.2) is 13.2 Å². The summed E-state index contributed by atoms with van der Waals surface area (Å²) in [4.78, 5) is 0. The van der Waals surface area contributed by atoms with Crippen LogP contribution in [0, 0.1) is 17.5 Å². The zero-order valence-corrected chi connectivity index (χ0v) is 10.5. The number of rotatable bonds is 4. The van der Waals surface area contributed by atoms with Crippen LogP contribution in [0.1, 0.15) is 24.1 Å². The van der Waals surface area contributed by atoms with Crippen molar-refractivity contribution in [3.05, 3.63) is 71.0 Å². The predicted octanol–water partition coefficient (Wildman–Crippen LogP) is 3.80. The third-order valence-electron chi connectivity index (χ3n) is 2.83. The summed E-state index contributed by atoms with van der Waals surface area (Å²) in [6.07, 6.45) is 0. The third-order valence-corrected chi connectivity index (χ3v) is 2.83. The Morgan fingerprint density at radius 3 is 1.95 bits per heavy atom. The van der Waals surface area contributed by atoms with Crippen molar-refractivity contribution < 1.29 is 13.2 Å². The minimum absolute atomic E-state index is 0.343. The highest BCUT2D eigenvalue weighted by atomic mass is 19.1. The first-order valence-corrected chi connectivity index (χ1v) is 6.05. The standard InChI is InChI=1S/C15H14F3N/c1-2-19-15(10-3-5-12(16)6-4-10)11-7-13(17)9-14(18)8-11/h3-9,15,19H,2H2,1H3. The highest BCUT2D eigenvalue weighted by Gasteiger charge is 2.15. The van der Waals surface area contributed by atoms with Gasteiger partial charge in [0.25, 0.3) is 0 Å². The molecule has 2 aromatic rings. The Hall–Kier alpha value is -1.81. The lowest BCUT2D eigenvalue weighted by Gasteiger charge is -2.19. The second kappa shape index (κ2) is 5.89. The molecule has 0 saturated heterocycles. The lowest BCUT2D eigenvalue weighted by atomic mass is 9.98. The fourth-order valence-corrected chi connectivity index (χ4v) is 2.03. The molecule has 2 rings (SSSR count). The highest BCUT2D eigenvalue weighted by Crippen LogP contribution is 2.23. The second-order valence-electron chi connectivity index (χ2n) is 4.25. The monoisotopic (exact) mass is 265 g/mol. The van der Waals surface area contributed by atoms with E-state index in [0.29, 0.717) is 12.1 Å². The van der Waals surface area contributed by atoms with Crippen molar-refractivity contribution in [3.8, 4) is 0 Å². The number of hydrogen-bond acceptors (Lipinski definition) is 1. The fourth-order valence-electron chi connectivity index (χ4n) is 2.03. The molecule has 1 N–H and O–H groups in total. The molecule has 19 heavy (non-hydrogen) atoms. The van der Waals surface area contributed by atoms with Crippen molar-refractivity contribution in [2.24, 2.45) is 0 Å². The minimum atomic E-state index is -0.625. The number of benzene rings is 2. The average Bonchev–Trinajstić information content (AvgIpc) is 2.36. The molecule has 100 valence electrons. The summed E-state index contributed by atoms with van der Waals surface area (Å²) in [6, 6.07) is 8.88. The maximum absolute atomic E-state index is 13.3. The van der Waals surface area contributed by atoms with Gasteiger partial charge in [-0.15, -0.1) is 0 Å². The molecule has 0 amide bonds. The van der Waals surface area contributed by atoms with E-state index in [9.17, 15) is 13.2 Å². The van der Waals surface area contributed by atoms with Gasteiger partial charge in [-0.3, -0.25) is 0 Å². The Morgan fingerprint density at radius 2 is 1.42 bits per heavy atom. The Balaban J connectivity index is 2.41. The molecule has 0 saturated carbocycles. The van der Waals surface area contributed by atoms with Gasteiger partial charge in [0.15, 0.2) is 0 Å². The molecule has 2 aromatic carbocycles. The molecule has 1 atom stereocenters. The lowest BCUT2D eigenvalue weighted by molar-refractivity contribution is 0.564. The van der Waals surface area contributed by atoms with Gasteiger partial charge in [-0.05, 0) is 41.9 Å². The summed E-state index contributed by atoms with van der Waals surface area (Å²) >= 11 is 0. The first-order chi connectivity index (χ1) is 9.10. The van der Waals surface area contributed by atoms with Gasteiger partial charge < -0.3 is 5.32 Å². The van der Waals surface area contributed by atoms with Gasteiger partial charge in [0.05, 0.1) is 6.04 Å². The van der Waals surface area contributed by atoms with Crippen LogP contribution >= 0.6 is 0 Å². The van der Waals surface area contributed by atoms with E-state index in [1.54, 1.807) is 12.1 Å². The van der Waals surface area contributed by atoms with Gasteiger partial charge in [0.1, 0.15) is 17.5 Å². The van der Waals surface area contributed by atoms with E-state index in [1.807, 2.05) is 6.92 Å². The van der Waals surface area contributed by atoms with Gasteiger partial charge in [-0.2, -0.15) is 0 Å². The predicted molar refractivity (Wildman–Crippen MR) is 68.3 cm³/mol. The van der Waals surface area contributed by atoms with Crippen LogP contribution in [0.2, 0.25) is 0 Å². The van der Waals surface area contributed by atoms with Crippen molar-refractivity contribution in [2.45, 2.75) is 13.0 Å². The van der Waals surface area contributed by atoms with Crippen molar-refractivity contribution in [3.63, 3.8) is 0 Å². The van der Waals surface area contributed by atoms with E-state index in [-0.39, 0.29) is 11.9 Å². The SMILES string of the molecule is CCNC(c1ccc(F)cc1)c1cc(F)cc(F)c1. The molecule has 0 aliphatic heterocycles. The Bertz CT molecular complexity index is 532. The first kappa shape index (κ1) is 13.6. The van der Waals surface area contributed by atoms with Gasteiger partial charge in [0.2, 0.25) is 0 Å². The molecule has 0 radical (unpaired) electrons. The van der Waals surface area contributed by atoms with E-state index in [1.165, 1.54) is 24.3 Å². The molecule has 0 heterocycles. The molecule has 0 bridgehead atoms. The van der Waals surface area contributed by atoms with Gasteiger partial charge in [-0.1, -0.05) is 19.1 Å². The van der Waals surface area contributed by atoms with E-state index < -0.39 is 11.6 Å². The van der Waals surface area contributed by atoms with Crippen LogP contribution in [0.4, 0.5) is 13.2 Å². The van der Waals surface area contributed by atoms with Crippen LogP contribution in [-0.4, -0.2) is 6.54 Å². The summed E-state index contributed by atoms with van der Waals surface area (Å²) in [7, 11) is 0. The maximum Gasteiger partial charge on any atom is 0.126 e. The summed E-state index contributed by atoms with van der Waals surface area (Å²) in [5.41, 5.74) is 1.24. The molecule has 1 unspecified atom stereocenters. The van der Waals surface area contributed by atoms with E-state index in [2.05, 4.69) is 5.32 Å². The highest BCUT2D eigenvalue weighted by molar-refractivity contribution is 5.32. The van der Waals surface area contributed by atoms with Crippen LogP contribution < -0.4 is 5.32 Å². The zero-order chi connectivity index (χ0) is 13.8. The number of nitrogens with one attached hydrogen (secondary N) is 1. The minimum Gasteiger partial charge on any atom is -0.307 e. The van der Waals surface area contributed by atoms with E-state index in [4.69, 9.17) is 0 Å². The number of halogens is 3. The molecule has 0 spiro atoms. The molecule has 0 aromatic heterocycles. The second-order valence-corrected chi connectivity index (χ2v) is 4.25. The fraction of sp³-hybridized carbons (Fsp3) is 0.200. The van der Waals surface area contributed by atoms with Crippen molar-refractivity contribution >= 4 is 0 Å². The third kappa shape index (κ3) is 3.35. The molecule has 1 nitrogen and oxygen atoms in total. The Labute approximate surface area is 110 Å². The van der Waals surface area contributed by atoms with E-state index >= 15 is 0 Å². The maximum atomic E-state index is 13.3. The normalized spacial score (nSPS) is 12.4. The van der Waals surface area contributed by atoms with Crippen molar-refractivity contribution in [1.82, 2.24) is 5.32 Å². The smallest absolute Gasteiger partial charge is 0.126 e. The van der Waals surface area contributed by atoms with Crippen molar-refractivity contribution in [1.29, 1.82) is 0 Å². The summed E-state index contributed by atoms with van der Waals surface area (Å²) in [5, 5.41) is 3.13. The largest absolute Gasteiger partial charge is 0.307 e. The topological polar surface area (TPSA) is 12.0 Å². The first-order valence-electron chi connectivity index (χ1n) is 6.05. The van der Waals surface area contributed by atoms with E-state index in [0.717, 1.165) is 11.6 Å². The van der Waals surface area contributed by atoms with Crippen LogP contribution in [-0.2, 0) is 0 Å². The average molecular weight is 265 g/mol. The van der Waals surface area contributed by atoms with Crippen molar-refractivity contribution in [2.75, 3.05) is 6.54 Å². The molecular formula is C15H14F3N. The van der Waals surface area contributed by atoms with Crippen LogP contribution in [0.3, 0.4) is 0 Å². The lowest BCUT2D eigenvalue weighted by Crippen LogP contribution is -2.22. The summed E-state index contributed by atoms with van der Waals surface area (Å²) < 4.78 is 39.5. The molecule has 4 heteroatoms. The summed E-state index contributed by atoms with van der Waals surface area (Å²) in [6.45, 7) is 2.52. The Morgan fingerprint density at radius 1 is 0.842 bits per heavy atom. The summed E-state index contributed by atoms with van der Waals surface area (Å²) in [5.74, 6) is -1.59. The number of hydrogen-bond donors (Lipinski definition) is 1. The molecule has 0 aliphatic rings. The van der Waals surface area contributed by atoms with Crippen LogP contribution in [0.5, 0.6) is 0 Å². The molecule has 0 fully saturated rings. The van der Waals surface area contributed by atoms with Gasteiger partial charge in [0, 0.05) is 6.07 Å². The van der Waals surface area contributed by atoms with Gasteiger partial charge >= 0.3 is 0 Å². The zero-order valence-electron chi connectivity index (χ0n) is 10.5. The Kier molecular flexibility index (Phi) is 4.22. The molecule has 0 aliphatic carbocycles. The van der Waals surface area contributed by atoms with Crippen LogP contribution in [0.25, 0.3) is 0 Å². The molecular weight excluding hydrogens is 251 g/mol. The van der Waals surface area contributed by atoms with Crippen LogP contribution in [0.15, 0.2) is 42.5 Å². The quantitative estimate of drug-likeness (QED) is 0.886.